The van der Waals surface area contributed by atoms with Crippen molar-refractivity contribution >= 4 is 5.97 Å². The fourth-order valence-electron chi connectivity index (χ4n) is 3.12. The summed E-state index contributed by atoms with van der Waals surface area (Å²) in [7, 11) is 0. The van der Waals surface area contributed by atoms with Crippen molar-refractivity contribution in [2.45, 2.75) is 82.8 Å². The molecule has 0 bridgehead atoms. The number of esters is 1. The van der Waals surface area contributed by atoms with Gasteiger partial charge >= 0.3 is 5.97 Å². The number of rotatable bonds is 2. The maximum absolute atomic E-state index is 11.4. The molecule has 2 fully saturated rings. The third-order valence-corrected chi connectivity index (χ3v) is 4.15. The van der Waals surface area contributed by atoms with Gasteiger partial charge in [-0.3, -0.25) is 4.79 Å². The maximum atomic E-state index is 11.4. The Morgan fingerprint density at radius 1 is 1.35 bits per heavy atom. The molecule has 2 rings (SSSR count). The van der Waals surface area contributed by atoms with Crippen LogP contribution in [0.4, 0.5) is 0 Å². The van der Waals surface area contributed by atoms with E-state index in [1.165, 1.54) is 20.8 Å². The predicted octanol–water partition coefficient (Wildman–Crippen LogP) is 0.734. The predicted molar refractivity (Wildman–Crippen MR) is 69.9 cm³/mol. The van der Waals surface area contributed by atoms with Gasteiger partial charge in [0.05, 0.1) is 11.7 Å². The van der Waals surface area contributed by atoms with E-state index in [4.69, 9.17) is 14.2 Å². The van der Waals surface area contributed by atoms with Gasteiger partial charge < -0.3 is 24.4 Å². The summed E-state index contributed by atoms with van der Waals surface area (Å²) in [5.74, 6) is -1.31. The lowest BCUT2D eigenvalue weighted by Crippen LogP contribution is -2.67. The van der Waals surface area contributed by atoms with E-state index < -0.39 is 35.2 Å². The molecule has 1 saturated heterocycles. The second kappa shape index (κ2) is 4.66. The van der Waals surface area contributed by atoms with Gasteiger partial charge in [-0.25, -0.2) is 0 Å². The molecule has 2 aliphatic rings. The van der Waals surface area contributed by atoms with Crippen LogP contribution >= 0.6 is 0 Å². The van der Waals surface area contributed by atoms with Gasteiger partial charge in [0, 0.05) is 6.92 Å². The molecule has 0 aromatic carbocycles. The van der Waals surface area contributed by atoms with Crippen molar-refractivity contribution in [2.75, 3.05) is 0 Å². The van der Waals surface area contributed by atoms with Gasteiger partial charge in [-0.15, -0.1) is 0 Å². The first-order valence-corrected chi connectivity index (χ1v) is 6.94. The van der Waals surface area contributed by atoms with Crippen LogP contribution in [-0.4, -0.2) is 51.5 Å². The number of fused-ring (bicyclic) bond motifs is 1. The fourth-order valence-corrected chi connectivity index (χ4v) is 3.12. The summed E-state index contributed by atoms with van der Waals surface area (Å²) < 4.78 is 16.8. The Morgan fingerprint density at radius 3 is 2.45 bits per heavy atom. The van der Waals surface area contributed by atoms with Gasteiger partial charge in [-0.2, -0.15) is 0 Å². The first-order chi connectivity index (χ1) is 8.96. The summed E-state index contributed by atoms with van der Waals surface area (Å²) >= 11 is 0. The van der Waals surface area contributed by atoms with E-state index in [1.54, 1.807) is 13.8 Å². The molecule has 0 amide bonds. The Hall–Kier alpha value is -0.690. The Kier molecular flexibility index (Phi) is 3.66. The quantitative estimate of drug-likeness (QED) is 0.729. The smallest absolute Gasteiger partial charge is 0.303 e. The molecule has 1 heterocycles. The SMILES string of the molecule is CC(=O)O[C@H]1[C@@H]2OC(C)(C)O[C@@H]2CC[C@]1(O)C(C)(C)O. The van der Waals surface area contributed by atoms with Gasteiger partial charge in [-0.05, 0) is 40.5 Å². The highest BCUT2D eigenvalue weighted by atomic mass is 16.8. The number of carbonyl (C=O) groups is 1. The van der Waals surface area contributed by atoms with Gasteiger partial charge in [0.1, 0.15) is 11.7 Å². The van der Waals surface area contributed by atoms with Crippen LogP contribution in [0.2, 0.25) is 0 Å². The zero-order valence-corrected chi connectivity index (χ0v) is 12.7. The maximum Gasteiger partial charge on any atom is 0.303 e. The molecule has 0 spiro atoms. The highest BCUT2D eigenvalue weighted by molar-refractivity contribution is 5.66. The van der Waals surface area contributed by atoms with Crippen LogP contribution in [0.15, 0.2) is 0 Å². The topological polar surface area (TPSA) is 85.2 Å². The first kappa shape index (κ1) is 15.7. The van der Waals surface area contributed by atoms with Gasteiger partial charge in [0.2, 0.25) is 0 Å². The van der Waals surface area contributed by atoms with Crippen LogP contribution in [0.3, 0.4) is 0 Å². The molecule has 116 valence electrons. The Labute approximate surface area is 119 Å². The molecule has 2 N–H and O–H groups in total. The van der Waals surface area contributed by atoms with Crippen molar-refractivity contribution in [1.82, 2.24) is 0 Å². The standard InChI is InChI=1S/C14H24O6/c1-8(15)18-11-10-9(19-13(4,5)20-10)6-7-14(11,17)12(2,3)16/h9-11,16-17H,6-7H2,1-5H3/t9-,10-,11+,14-/m1/s1. The fraction of sp³-hybridized carbons (Fsp3) is 0.929. The van der Waals surface area contributed by atoms with E-state index in [0.717, 1.165) is 0 Å². The van der Waals surface area contributed by atoms with Gasteiger partial charge in [0.15, 0.2) is 11.9 Å². The van der Waals surface area contributed by atoms with Crippen LogP contribution in [0.25, 0.3) is 0 Å². The van der Waals surface area contributed by atoms with E-state index in [9.17, 15) is 15.0 Å². The number of hydrogen-bond acceptors (Lipinski definition) is 6. The van der Waals surface area contributed by atoms with Crippen LogP contribution in [0.1, 0.15) is 47.5 Å². The second-order valence-electron chi connectivity index (χ2n) is 6.69. The van der Waals surface area contributed by atoms with Crippen molar-refractivity contribution in [3.05, 3.63) is 0 Å². The number of carbonyl (C=O) groups excluding carboxylic acids is 1. The van der Waals surface area contributed by atoms with Crippen molar-refractivity contribution in [2.24, 2.45) is 0 Å². The van der Waals surface area contributed by atoms with Crippen molar-refractivity contribution in [3.63, 3.8) is 0 Å². The largest absolute Gasteiger partial charge is 0.456 e. The summed E-state index contributed by atoms with van der Waals surface area (Å²) in [5.41, 5.74) is -2.99. The minimum atomic E-state index is -1.57. The number of hydrogen-bond donors (Lipinski definition) is 2. The highest BCUT2D eigenvalue weighted by Gasteiger charge is 2.62. The molecule has 0 aromatic heterocycles. The molecular weight excluding hydrogens is 264 g/mol. The third kappa shape index (κ3) is 2.57. The van der Waals surface area contributed by atoms with Crippen molar-refractivity contribution < 1.29 is 29.2 Å². The summed E-state index contributed by atoms with van der Waals surface area (Å²) in [6.45, 7) is 7.84. The normalized spacial score (nSPS) is 40.2. The lowest BCUT2D eigenvalue weighted by molar-refractivity contribution is -0.245. The minimum absolute atomic E-state index is 0.253. The molecule has 1 saturated carbocycles. The molecule has 20 heavy (non-hydrogen) atoms. The van der Waals surface area contributed by atoms with Crippen molar-refractivity contribution in [3.8, 4) is 0 Å². The van der Waals surface area contributed by atoms with E-state index in [2.05, 4.69) is 0 Å². The lowest BCUT2D eigenvalue weighted by Gasteiger charge is -2.49. The van der Waals surface area contributed by atoms with Crippen LogP contribution in [0, 0.1) is 0 Å². The van der Waals surface area contributed by atoms with E-state index in [-0.39, 0.29) is 12.5 Å². The average molecular weight is 288 g/mol. The first-order valence-electron chi connectivity index (χ1n) is 6.94. The van der Waals surface area contributed by atoms with Gasteiger partial charge in [0.25, 0.3) is 0 Å². The van der Waals surface area contributed by atoms with E-state index in [0.29, 0.717) is 6.42 Å². The molecule has 1 aliphatic carbocycles. The van der Waals surface area contributed by atoms with Crippen LogP contribution in [0.5, 0.6) is 0 Å². The summed E-state index contributed by atoms with van der Waals surface area (Å²) in [6.07, 6.45) is -0.988. The average Bonchev–Trinajstić information content (AvgIpc) is 2.55. The summed E-state index contributed by atoms with van der Waals surface area (Å²) in [4.78, 5) is 11.4. The molecule has 6 nitrogen and oxygen atoms in total. The summed E-state index contributed by atoms with van der Waals surface area (Å²) in [5, 5.41) is 21.2. The molecule has 4 atom stereocenters. The Balaban J connectivity index is 2.35. The summed E-state index contributed by atoms with van der Waals surface area (Å²) in [6, 6.07) is 0. The van der Waals surface area contributed by atoms with Gasteiger partial charge in [-0.1, -0.05) is 0 Å². The monoisotopic (exact) mass is 288 g/mol. The molecular formula is C14H24O6. The minimum Gasteiger partial charge on any atom is -0.456 e. The van der Waals surface area contributed by atoms with Crippen LogP contribution in [-0.2, 0) is 19.0 Å². The third-order valence-electron chi connectivity index (χ3n) is 4.15. The van der Waals surface area contributed by atoms with E-state index >= 15 is 0 Å². The second-order valence-corrected chi connectivity index (χ2v) is 6.69. The Morgan fingerprint density at radius 2 is 1.95 bits per heavy atom. The zero-order chi connectivity index (χ0) is 15.3. The molecule has 0 radical (unpaired) electrons. The van der Waals surface area contributed by atoms with Crippen LogP contribution < -0.4 is 0 Å². The zero-order valence-electron chi connectivity index (χ0n) is 12.7. The number of aliphatic hydroxyl groups is 2. The number of ether oxygens (including phenoxy) is 3. The highest BCUT2D eigenvalue weighted by Crippen LogP contribution is 2.46. The molecule has 1 aliphatic heterocycles. The lowest BCUT2D eigenvalue weighted by atomic mass is 9.70. The van der Waals surface area contributed by atoms with E-state index in [1.807, 2.05) is 0 Å². The molecule has 6 heteroatoms. The van der Waals surface area contributed by atoms with Crippen molar-refractivity contribution in [1.29, 1.82) is 0 Å². The Bertz CT molecular complexity index is 399. The molecule has 0 unspecified atom stereocenters. The molecule has 0 aromatic rings.